The number of carbonyl (C=O) groups is 2. The Kier molecular flexibility index (Phi) is 10.4. The van der Waals surface area contributed by atoms with Crippen molar-refractivity contribution in [2.75, 3.05) is 59.2 Å². The number of aliphatic hydroxyl groups excluding tert-OH is 1. The molecule has 1 unspecified atom stereocenters. The highest BCUT2D eigenvalue weighted by atomic mass is 16.5. The van der Waals surface area contributed by atoms with Crippen LogP contribution in [0.3, 0.4) is 0 Å². The lowest BCUT2D eigenvalue weighted by molar-refractivity contribution is -0.140. The monoisotopic (exact) mass is 552 g/mol. The van der Waals surface area contributed by atoms with Gasteiger partial charge in [-0.2, -0.15) is 0 Å². The maximum Gasteiger partial charge on any atom is 0.295 e. The Bertz CT molecular complexity index is 1190. The highest BCUT2D eigenvalue weighted by molar-refractivity contribution is 6.46. The lowest BCUT2D eigenvalue weighted by atomic mass is 9.95. The first kappa shape index (κ1) is 29.4. The van der Waals surface area contributed by atoms with Crippen LogP contribution in [-0.2, 0) is 14.3 Å². The van der Waals surface area contributed by atoms with Crippen LogP contribution in [0.5, 0.6) is 17.2 Å². The molecule has 1 atom stereocenters. The molecule has 2 aromatic rings. The molecular formula is C31H40N2O7. The minimum absolute atomic E-state index is 0.0545. The third-order valence-corrected chi connectivity index (χ3v) is 6.95. The molecule has 2 aromatic carbocycles. The van der Waals surface area contributed by atoms with E-state index in [0.717, 1.165) is 25.9 Å². The lowest BCUT2D eigenvalue weighted by Gasteiger charge is -2.31. The first-order valence-corrected chi connectivity index (χ1v) is 14.2. The zero-order valence-electron chi connectivity index (χ0n) is 23.7. The van der Waals surface area contributed by atoms with Gasteiger partial charge in [-0.15, -0.1) is 0 Å². The van der Waals surface area contributed by atoms with Crippen molar-refractivity contribution in [3.05, 3.63) is 59.2 Å². The van der Waals surface area contributed by atoms with Gasteiger partial charge >= 0.3 is 0 Å². The number of benzene rings is 2. The fraction of sp³-hybridized carbons (Fsp3) is 0.484. The number of carbonyl (C=O) groups excluding carboxylic acids is 2. The summed E-state index contributed by atoms with van der Waals surface area (Å²) in [5, 5.41) is 11.4. The Morgan fingerprint density at radius 3 is 2.27 bits per heavy atom. The molecule has 9 nitrogen and oxygen atoms in total. The van der Waals surface area contributed by atoms with Crippen molar-refractivity contribution in [1.29, 1.82) is 0 Å². The van der Waals surface area contributed by atoms with Gasteiger partial charge in [0.05, 0.1) is 44.6 Å². The van der Waals surface area contributed by atoms with Gasteiger partial charge in [-0.1, -0.05) is 19.9 Å². The van der Waals surface area contributed by atoms with E-state index in [2.05, 4.69) is 4.90 Å². The summed E-state index contributed by atoms with van der Waals surface area (Å²) >= 11 is 0. The Morgan fingerprint density at radius 2 is 1.60 bits per heavy atom. The summed E-state index contributed by atoms with van der Waals surface area (Å²) in [6.45, 7) is 11.2. The van der Waals surface area contributed by atoms with Crippen LogP contribution in [0, 0.1) is 0 Å². The Morgan fingerprint density at radius 1 is 0.900 bits per heavy atom. The van der Waals surface area contributed by atoms with Crippen LogP contribution in [0.1, 0.15) is 50.8 Å². The SMILES string of the molecule is CCCOc1ccc(C(O)=C2C(=O)C(=O)N(CCN3CCOCC3)C2c2ccc(OCCC)c(OCC)c2)cc1. The van der Waals surface area contributed by atoms with E-state index in [0.29, 0.717) is 74.5 Å². The first-order chi connectivity index (χ1) is 19.5. The summed E-state index contributed by atoms with van der Waals surface area (Å²) in [5.41, 5.74) is 1.16. The summed E-state index contributed by atoms with van der Waals surface area (Å²) in [6, 6.07) is 11.6. The molecule has 9 heteroatoms. The standard InChI is InChI=1S/C31H40N2O7/c1-4-17-39-24-10-7-22(8-11-24)29(34)27-28(23-9-12-25(40-18-5-2)26(21-23)38-6-3)33(31(36)30(27)35)14-13-32-15-19-37-20-16-32/h7-12,21,28,34H,4-6,13-20H2,1-3H3. The van der Waals surface area contributed by atoms with Crippen LogP contribution >= 0.6 is 0 Å². The van der Waals surface area contributed by atoms with Crippen molar-refractivity contribution < 1.29 is 33.6 Å². The molecule has 0 spiro atoms. The molecule has 1 amide bonds. The Hall–Kier alpha value is -3.56. The van der Waals surface area contributed by atoms with Gasteiger partial charge in [-0.25, -0.2) is 0 Å². The Balaban J connectivity index is 1.74. The highest BCUT2D eigenvalue weighted by Gasteiger charge is 2.46. The van der Waals surface area contributed by atoms with Crippen LogP contribution in [0.15, 0.2) is 48.0 Å². The number of ketones is 1. The van der Waals surface area contributed by atoms with E-state index >= 15 is 0 Å². The molecule has 0 radical (unpaired) electrons. The molecule has 0 aromatic heterocycles. The molecule has 0 aliphatic carbocycles. The van der Waals surface area contributed by atoms with E-state index in [1.165, 1.54) is 0 Å². The Labute approximate surface area is 236 Å². The second-order valence-corrected chi connectivity index (χ2v) is 9.81. The van der Waals surface area contributed by atoms with E-state index in [4.69, 9.17) is 18.9 Å². The normalized spacial score (nSPS) is 19.2. The number of Topliss-reactive ketones (excluding diaryl/α,β-unsaturated/α-hetero) is 1. The quantitative estimate of drug-likeness (QED) is 0.222. The molecule has 40 heavy (non-hydrogen) atoms. The fourth-order valence-electron chi connectivity index (χ4n) is 4.91. The van der Waals surface area contributed by atoms with Crippen LogP contribution < -0.4 is 14.2 Å². The smallest absolute Gasteiger partial charge is 0.295 e. The van der Waals surface area contributed by atoms with Gasteiger partial charge in [0.1, 0.15) is 11.5 Å². The van der Waals surface area contributed by atoms with Crippen molar-refractivity contribution in [3.8, 4) is 17.2 Å². The van der Waals surface area contributed by atoms with Gasteiger partial charge in [0, 0.05) is 31.7 Å². The zero-order chi connectivity index (χ0) is 28.5. The fourth-order valence-corrected chi connectivity index (χ4v) is 4.91. The summed E-state index contributed by atoms with van der Waals surface area (Å²) in [6.07, 6.45) is 1.72. The molecule has 2 heterocycles. The minimum atomic E-state index is -0.781. The number of likely N-dealkylation sites (tertiary alicyclic amines) is 1. The van der Waals surface area contributed by atoms with Gasteiger partial charge in [0.15, 0.2) is 11.5 Å². The number of rotatable bonds is 13. The molecule has 0 bridgehead atoms. The largest absolute Gasteiger partial charge is 0.507 e. The van der Waals surface area contributed by atoms with E-state index in [1.54, 1.807) is 35.2 Å². The van der Waals surface area contributed by atoms with Crippen molar-refractivity contribution in [1.82, 2.24) is 9.80 Å². The van der Waals surface area contributed by atoms with Crippen molar-refractivity contribution in [2.24, 2.45) is 0 Å². The predicted molar refractivity (Wildman–Crippen MR) is 152 cm³/mol. The second kappa shape index (κ2) is 14.2. The predicted octanol–water partition coefficient (Wildman–Crippen LogP) is 4.42. The number of hydrogen-bond donors (Lipinski definition) is 1. The van der Waals surface area contributed by atoms with Gasteiger partial charge in [-0.05, 0) is 61.7 Å². The average molecular weight is 553 g/mol. The molecule has 2 aliphatic heterocycles. The number of hydrogen-bond acceptors (Lipinski definition) is 8. The minimum Gasteiger partial charge on any atom is -0.507 e. The maximum atomic E-state index is 13.5. The topological polar surface area (TPSA) is 97.8 Å². The maximum absolute atomic E-state index is 13.5. The molecule has 2 fully saturated rings. The summed E-state index contributed by atoms with van der Waals surface area (Å²) in [4.78, 5) is 30.6. The van der Waals surface area contributed by atoms with Gasteiger partial charge in [0.25, 0.3) is 11.7 Å². The molecule has 2 aliphatic rings. The summed E-state index contributed by atoms with van der Waals surface area (Å²) in [5.74, 6) is 0.241. The zero-order valence-corrected chi connectivity index (χ0v) is 23.7. The first-order valence-electron chi connectivity index (χ1n) is 14.2. The summed E-state index contributed by atoms with van der Waals surface area (Å²) < 4.78 is 22.9. The van der Waals surface area contributed by atoms with Crippen molar-refractivity contribution >= 4 is 17.4 Å². The number of aliphatic hydroxyl groups is 1. The summed E-state index contributed by atoms with van der Waals surface area (Å²) in [7, 11) is 0. The number of morpholine rings is 1. The van der Waals surface area contributed by atoms with E-state index in [1.807, 2.05) is 32.9 Å². The molecular weight excluding hydrogens is 512 g/mol. The van der Waals surface area contributed by atoms with Crippen LogP contribution in [-0.4, -0.2) is 85.8 Å². The van der Waals surface area contributed by atoms with E-state index < -0.39 is 17.7 Å². The number of nitrogens with zero attached hydrogens (tertiary/aromatic N) is 2. The van der Waals surface area contributed by atoms with Crippen LogP contribution in [0.4, 0.5) is 0 Å². The van der Waals surface area contributed by atoms with E-state index in [-0.39, 0.29) is 11.3 Å². The number of ether oxygens (including phenoxy) is 4. The third-order valence-electron chi connectivity index (χ3n) is 6.95. The van der Waals surface area contributed by atoms with Crippen molar-refractivity contribution in [3.63, 3.8) is 0 Å². The average Bonchev–Trinajstić information content (AvgIpc) is 3.24. The lowest BCUT2D eigenvalue weighted by Crippen LogP contribution is -2.42. The highest BCUT2D eigenvalue weighted by Crippen LogP contribution is 2.42. The number of amides is 1. The van der Waals surface area contributed by atoms with Crippen molar-refractivity contribution in [2.45, 2.75) is 39.7 Å². The molecule has 0 saturated carbocycles. The third kappa shape index (κ3) is 6.77. The molecule has 1 N–H and O–H groups in total. The van der Waals surface area contributed by atoms with Crippen LogP contribution in [0.2, 0.25) is 0 Å². The second-order valence-electron chi connectivity index (χ2n) is 9.81. The van der Waals surface area contributed by atoms with Gasteiger partial charge < -0.3 is 29.0 Å². The van der Waals surface area contributed by atoms with Gasteiger partial charge in [0.2, 0.25) is 0 Å². The molecule has 216 valence electrons. The molecule has 4 rings (SSSR count). The molecule has 2 saturated heterocycles. The van der Waals surface area contributed by atoms with Gasteiger partial charge in [-0.3, -0.25) is 14.5 Å². The van der Waals surface area contributed by atoms with Crippen LogP contribution in [0.25, 0.3) is 5.76 Å². The van der Waals surface area contributed by atoms with E-state index in [9.17, 15) is 14.7 Å².